The van der Waals surface area contributed by atoms with E-state index in [2.05, 4.69) is 13.4 Å². The third kappa shape index (κ3) is 1.17. The van der Waals surface area contributed by atoms with Crippen molar-refractivity contribution < 1.29 is 21.9 Å². The van der Waals surface area contributed by atoms with Crippen LogP contribution in [0.5, 0.6) is 17.2 Å². The molecular formula is C6H5NO5S. The fourth-order valence-corrected chi connectivity index (χ4v) is 1.76. The highest BCUT2D eigenvalue weighted by Gasteiger charge is 2.33. The lowest BCUT2D eigenvalue weighted by atomic mass is 10.3. The van der Waals surface area contributed by atoms with Crippen molar-refractivity contribution in [2.24, 2.45) is 0 Å². The number of aromatic nitrogens is 1. The fraction of sp³-hybridized carbons (Fsp3) is 0.167. The number of fused-ring (bicyclic) bond motifs is 1. The van der Waals surface area contributed by atoms with Crippen LogP contribution in [0.15, 0.2) is 6.20 Å². The van der Waals surface area contributed by atoms with Gasteiger partial charge in [-0.25, -0.2) is 0 Å². The van der Waals surface area contributed by atoms with Crippen LogP contribution < -0.4 is 8.37 Å². The van der Waals surface area contributed by atoms with Gasteiger partial charge < -0.3 is 13.5 Å². The van der Waals surface area contributed by atoms with Crippen molar-refractivity contribution in [1.82, 2.24) is 4.98 Å². The Morgan fingerprint density at radius 2 is 2.00 bits per heavy atom. The number of rotatable bonds is 0. The van der Waals surface area contributed by atoms with Crippen LogP contribution in [-0.4, -0.2) is 18.5 Å². The molecule has 70 valence electrons. The molecular weight excluding hydrogens is 198 g/mol. The first-order chi connectivity index (χ1) is 5.99. The summed E-state index contributed by atoms with van der Waals surface area (Å²) in [6.45, 7) is 1.54. The van der Waals surface area contributed by atoms with Gasteiger partial charge in [-0.05, 0) is 6.92 Å². The molecule has 1 aromatic rings. The third-order valence-electron chi connectivity index (χ3n) is 1.52. The van der Waals surface area contributed by atoms with E-state index in [-0.39, 0.29) is 17.2 Å². The van der Waals surface area contributed by atoms with Gasteiger partial charge in [-0.3, -0.25) is 4.98 Å². The predicted molar refractivity (Wildman–Crippen MR) is 40.8 cm³/mol. The minimum Gasteiger partial charge on any atom is -0.503 e. The smallest absolute Gasteiger partial charge is 0.501 e. The number of hydrogen-bond acceptors (Lipinski definition) is 6. The van der Waals surface area contributed by atoms with Crippen molar-refractivity contribution in [3.05, 3.63) is 11.9 Å². The zero-order valence-corrected chi connectivity index (χ0v) is 7.33. The number of nitrogens with zero attached hydrogens (tertiary/aromatic N) is 1. The van der Waals surface area contributed by atoms with Gasteiger partial charge in [0.2, 0.25) is 11.5 Å². The molecule has 2 rings (SSSR count). The Morgan fingerprint density at radius 3 is 2.62 bits per heavy atom. The first kappa shape index (κ1) is 8.11. The molecule has 1 aliphatic heterocycles. The summed E-state index contributed by atoms with van der Waals surface area (Å²) in [5.74, 6) is -0.617. The van der Waals surface area contributed by atoms with Gasteiger partial charge in [0.25, 0.3) is 0 Å². The molecule has 0 spiro atoms. The lowest BCUT2D eigenvalue weighted by molar-refractivity contribution is 0.418. The SMILES string of the molecule is Cc1ncc(O)c2c1OS(=O)(=O)O2. The highest BCUT2D eigenvalue weighted by atomic mass is 32.3. The van der Waals surface area contributed by atoms with E-state index in [0.717, 1.165) is 6.20 Å². The van der Waals surface area contributed by atoms with Crippen molar-refractivity contribution in [2.75, 3.05) is 0 Å². The van der Waals surface area contributed by atoms with Crippen molar-refractivity contribution in [2.45, 2.75) is 6.92 Å². The summed E-state index contributed by atoms with van der Waals surface area (Å²) in [7, 11) is -4.05. The molecule has 7 heteroatoms. The standard InChI is InChI=1S/C6H5NO5S/c1-3-5-6(4(8)2-7-3)12-13(9,10)11-5/h2,8H,1H3. The predicted octanol–water partition coefficient (Wildman–Crippen LogP) is 0.112. The lowest BCUT2D eigenvalue weighted by Gasteiger charge is -1.97. The van der Waals surface area contributed by atoms with E-state index < -0.39 is 10.4 Å². The topological polar surface area (TPSA) is 85.7 Å². The summed E-state index contributed by atoms with van der Waals surface area (Å²) in [5.41, 5.74) is 0.342. The number of hydrogen-bond donors (Lipinski definition) is 1. The van der Waals surface area contributed by atoms with Gasteiger partial charge in [-0.1, -0.05) is 0 Å². The molecule has 0 saturated carbocycles. The zero-order chi connectivity index (χ0) is 9.64. The molecule has 0 saturated heterocycles. The van der Waals surface area contributed by atoms with Crippen LogP contribution in [0.3, 0.4) is 0 Å². The fourth-order valence-electron chi connectivity index (χ4n) is 0.956. The lowest BCUT2D eigenvalue weighted by Crippen LogP contribution is -2.08. The van der Waals surface area contributed by atoms with Crippen LogP contribution >= 0.6 is 0 Å². The Bertz CT molecular complexity index is 429. The first-order valence-corrected chi connectivity index (χ1v) is 4.65. The van der Waals surface area contributed by atoms with Crippen LogP contribution in [0.2, 0.25) is 0 Å². The van der Waals surface area contributed by atoms with Gasteiger partial charge >= 0.3 is 10.4 Å². The molecule has 1 aromatic heterocycles. The van der Waals surface area contributed by atoms with Crippen LogP contribution in [0, 0.1) is 6.92 Å². The minimum atomic E-state index is -4.05. The number of pyridine rings is 1. The number of aromatic hydroxyl groups is 1. The van der Waals surface area contributed by atoms with Crippen LogP contribution in [0.25, 0.3) is 0 Å². The van der Waals surface area contributed by atoms with Gasteiger partial charge in [-0.15, -0.1) is 8.42 Å². The van der Waals surface area contributed by atoms with Crippen molar-refractivity contribution >= 4 is 10.4 Å². The molecule has 0 unspecified atom stereocenters. The molecule has 0 aromatic carbocycles. The van der Waals surface area contributed by atoms with Crippen LogP contribution in [0.4, 0.5) is 0 Å². The van der Waals surface area contributed by atoms with Crippen LogP contribution in [-0.2, 0) is 10.4 Å². The second-order valence-electron chi connectivity index (χ2n) is 2.46. The van der Waals surface area contributed by atoms with E-state index in [4.69, 9.17) is 5.11 Å². The molecule has 0 radical (unpaired) electrons. The quantitative estimate of drug-likeness (QED) is 0.644. The Labute approximate surface area is 74.1 Å². The van der Waals surface area contributed by atoms with Crippen molar-refractivity contribution in [3.8, 4) is 17.2 Å². The number of aryl methyl sites for hydroxylation is 1. The Balaban J connectivity index is 2.69. The Morgan fingerprint density at radius 1 is 1.38 bits per heavy atom. The molecule has 0 amide bonds. The van der Waals surface area contributed by atoms with Crippen molar-refractivity contribution in [3.63, 3.8) is 0 Å². The molecule has 0 fully saturated rings. The molecule has 1 N–H and O–H groups in total. The van der Waals surface area contributed by atoms with E-state index in [0.29, 0.717) is 5.69 Å². The molecule has 0 atom stereocenters. The van der Waals surface area contributed by atoms with Gasteiger partial charge in [-0.2, -0.15) is 0 Å². The van der Waals surface area contributed by atoms with E-state index >= 15 is 0 Å². The summed E-state index contributed by atoms with van der Waals surface area (Å²) in [4.78, 5) is 3.70. The van der Waals surface area contributed by atoms with Gasteiger partial charge in [0, 0.05) is 0 Å². The second kappa shape index (κ2) is 2.25. The van der Waals surface area contributed by atoms with E-state index in [1.54, 1.807) is 6.92 Å². The maximum atomic E-state index is 10.8. The average Bonchev–Trinajstić information content (AvgIpc) is 2.35. The average molecular weight is 203 g/mol. The first-order valence-electron chi connectivity index (χ1n) is 3.32. The summed E-state index contributed by atoms with van der Waals surface area (Å²) >= 11 is 0. The maximum absolute atomic E-state index is 10.8. The maximum Gasteiger partial charge on any atom is 0.501 e. The molecule has 2 heterocycles. The Kier molecular flexibility index (Phi) is 1.41. The zero-order valence-electron chi connectivity index (χ0n) is 6.51. The van der Waals surface area contributed by atoms with Gasteiger partial charge in [0.1, 0.15) is 0 Å². The van der Waals surface area contributed by atoms with E-state index in [1.807, 2.05) is 0 Å². The summed E-state index contributed by atoms with van der Waals surface area (Å²) in [6.07, 6.45) is 1.10. The van der Waals surface area contributed by atoms with E-state index in [1.165, 1.54) is 0 Å². The largest absolute Gasteiger partial charge is 0.503 e. The second-order valence-corrected chi connectivity index (χ2v) is 3.61. The van der Waals surface area contributed by atoms with Gasteiger partial charge in [0.15, 0.2) is 5.75 Å². The Hall–Kier alpha value is -1.50. The summed E-state index contributed by atoms with van der Waals surface area (Å²) in [5, 5.41) is 9.16. The van der Waals surface area contributed by atoms with Crippen LogP contribution in [0.1, 0.15) is 5.69 Å². The molecule has 0 bridgehead atoms. The third-order valence-corrected chi connectivity index (χ3v) is 2.26. The monoisotopic (exact) mass is 203 g/mol. The highest BCUT2D eigenvalue weighted by Crippen LogP contribution is 2.43. The van der Waals surface area contributed by atoms with E-state index in [9.17, 15) is 8.42 Å². The molecule has 13 heavy (non-hydrogen) atoms. The highest BCUT2D eigenvalue weighted by molar-refractivity contribution is 7.82. The van der Waals surface area contributed by atoms with Crippen molar-refractivity contribution in [1.29, 1.82) is 0 Å². The van der Waals surface area contributed by atoms with Gasteiger partial charge in [0.05, 0.1) is 11.9 Å². The normalized spacial score (nSPS) is 17.3. The summed E-state index contributed by atoms with van der Waals surface area (Å²) < 4.78 is 30.4. The molecule has 1 aliphatic rings. The summed E-state index contributed by atoms with van der Waals surface area (Å²) in [6, 6.07) is 0. The molecule has 6 nitrogen and oxygen atoms in total. The molecule has 0 aliphatic carbocycles. The minimum absolute atomic E-state index is 0.0556.